The van der Waals surface area contributed by atoms with Gasteiger partial charge in [-0.25, -0.2) is 18.7 Å². The van der Waals surface area contributed by atoms with Crippen LogP contribution in [0.15, 0.2) is 36.4 Å². The van der Waals surface area contributed by atoms with Crippen LogP contribution in [0.1, 0.15) is 52.9 Å². The Labute approximate surface area is 232 Å². The van der Waals surface area contributed by atoms with Gasteiger partial charge in [0.2, 0.25) is 5.91 Å². The van der Waals surface area contributed by atoms with E-state index in [0.29, 0.717) is 38.5 Å². The van der Waals surface area contributed by atoms with Gasteiger partial charge >= 0.3 is 0 Å². The topological polar surface area (TPSA) is 133 Å². The lowest BCUT2D eigenvalue weighted by Gasteiger charge is -2.22. The zero-order chi connectivity index (χ0) is 28.3. The van der Waals surface area contributed by atoms with Gasteiger partial charge in [0.25, 0.3) is 5.91 Å². The molecule has 2 aromatic heterocycles. The van der Waals surface area contributed by atoms with Crippen molar-refractivity contribution < 1.29 is 23.1 Å². The number of rotatable bonds is 7. The Morgan fingerprint density at radius 1 is 1.18 bits per heavy atom. The first-order valence-electron chi connectivity index (χ1n) is 12.9. The SMILES string of the molecule is Cc1cc(-c2nc([C@@H](CNC(=O)c3cc(F)c4nc(N)sc4c3)C3CC3)cc3c2OC[C@]3(C)C(N)=O)ccc1F. The van der Waals surface area contributed by atoms with E-state index in [4.69, 9.17) is 21.2 Å². The molecule has 206 valence electrons. The molecular weight excluding hydrogens is 536 g/mol. The van der Waals surface area contributed by atoms with Crippen LogP contribution in [0.3, 0.4) is 0 Å². The molecule has 2 aromatic carbocycles. The minimum Gasteiger partial charge on any atom is -0.489 e. The minimum absolute atomic E-state index is 0.0664. The molecule has 8 nitrogen and oxygen atoms in total. The molecule has 1 aliphatic carbocycles. The van der Waals surface area contributed by atoms with Gasteiger partial charge in [0.15, 0.2) is 10.9 Å². The van der Waals surface area contributed by atoms with E-state index >= 15 is 0 Å². The summed E-state index contributed by atoms with van der Waals surface area (Å²) in [6.45, 7) is 3.71. The van der Waals surface area contributed by atoms with Gasteiger partial charge < -0.3 is 21.5 Å². The third-order valence-electron chi connectivity index (χ3n) is 7.85. The number of nitrogens with zero attached hydrogens (tertiary/aromatic N) is 2. The maximum Gasteiger partial charge on any atom is 0.251 e. The minimum atomic E-state index is -1.07. The monoisotopic (exact) mass is 563 g/mol. The fraction of sp³-hybridized carbons (Fsp3) is 0.310. The summed E-state index contributed by atoms with van der Waals surface area (Å²) >= 11 is 1.11. The molecule has 0 bridgehead atoms. The zero-order valence-corrected chi connectivity index (χ0v) is 22.7. The molecule has 40 heavy (non-hydrogen) atoms. The van der Waals surface area contributed by atoms with Crippen LogP contribution in [0.25, 0.3) is 21.5 Å². The molecule has 2 amide bonds. The number of primary amides is 1. The second kappa shape index (κ2) is 9.51. The van der Waals surface area contributed by atoms with Crippen LogP contribution >= 0.6 is 11.3 Å². The molecule has 11 heteroatoms. The van der Waals surface area contributed by atoms with Gasteiger partial charge in [0.05, 0.1) is 4.70 Å². The lowest BCUT2D eigenvalue weighted by molar-refractivity contribution is -0.123. The summed E-state index contributed by atoms with van der Waals surface area (Å²) in [6, 6.07) is 9.26. The van der Waals surface area contributed by atoms with Crippen molar-refractivity contribution >= 4 is 38.5 Å². The number of thiazole rings is 1. The Kier molecular flexibility index (Phi) is 6.21. The number of aryl methyl sites for hydroxylation is 1. The van der Waals surface area contributed by atoms with Crippen molar-refractivity contribution in [2.45, 2.75) is 38.0 Å². The maximum absolute atomic E-state index is 14.6. The highest BCUT2D eigenvalue weighted by molar-refractivity contribution is 7.22. The smallest absolute Gasteiger partial charge is 0.251 e. The van der Waals surface area contributed by atoms with Crippen LogP contribution in [0, 0.1) is 24.5 Å². The van der Waals surface area contributed by atoms with Crippen LogP contribution in [0.4, 0.5) is 13.9 Å². The summed E-state index contributed by atoms with van der Waals surface area (Å²) in [7, 11) is 0. The number of pyridine rings is 1. The first kappa shape index (κ1) is 26.1. The number of hydrogen-bond donors (Lipinski definition) is 3. The largest absolute Gasteiger partial charge is 0.489 e. The second-order valence-corrected chi connectivity index (χ2v) is 11.8. The van der Waals surface area contributed by atoms with Crippen molar-refractivity contribution in [2.75, 3.05) is 18.9 Å². The number of carbonyl (C=O) groups is 2. The molecular formula is C29H27F2N5O3S. The third-order valence-corrected chi connectivity index (χ3v) is 8.68. The number of nitrogens with one attached hydrogen (secondary N) is 1. The number of ether oxygens (including phenoxy) is 1. The lowest BCUT2D eigenvalue weighted by Crippen LogP contribution is -2.40. The van der Waals surface area contributed by atoms with Crippen molar-refractivity contribution in [1.82, 2.24) is 15.3 Å². The first-order valence-corrected chi connectivity index (χ1v) is 13.7. The number of fused-ring (bicyclic) bond motifs is 2. The lowest BCUT2D eigenvalue weighted by atomic mass is 9.82. The quantitative estimate of drug-likeness (QED) is 0.301. The van der Waals surface area contributed by atoms with E-state index in [1.54, 1.807) is 32.0 Å². The average Bonchev–Trinajstić information content (AvgIpc) is 3.59. The highest BCUT2D eigenvalue weighted by atomic mass is 32.1. The molecule has 0 saturated heterocycles. The van der Waals surface area contributed by atoms with Gasteiger partial charge in [-0.1, -0.05) is 11.3 Å². The van der Waals surface area contributed by atoms with E-state index in [0.717, 1.165) is 30.2 Å². The molecule has 1 saturated carbocycles. The molecule has 2 aliphatic rings. The number of hydrogen-bond acceptors (Lipinski definition) is 7. The van der Waals surface area contributed by atoms with Crippen LogP contribution < -0.4 is 21.5 Å². The Balaban J connectivity index is 1.37. The van der Waals surface area contributed by atoms with Crippen molar-refractivity contribution in [1.29, 1.82) is 0 Å². The number of carbonyl (C=O) groups excluding carboxylic acids is 2. The number of nitrogen functional groups attached to an aromatic ring is 1. The molecule has 1 aliphatic heterocycles. The summed E-state index contributed by atoms with van der Waals surface area (Å²) in [6.07, 6.45) is 1.91. The zero-order valence-electron chi connectivity index (χ0n) is 21.9. The van der Waals surface area contributed by atoms with Gasteiger partial charge in [0, 0.05) is 34.8 Å². The van der Waals surface area contributed by atoms with Gasteiger partial charge in [-0.3, -0.25) is 9.59 Å². The number of amides is 2. The molecule has 0 radical (unpaired) electrons. The molecule has 3 heterocycles. The normalized spacial score (nSPS) is 18.8. The van der Waals surface area contributed by atoms with E-state index in [9.17, 15) is 18.4 Å². The van der Waals surface area contributed by atoms with E-state index < -0.39 is 23.0 Å². The molecule has 0 unspecified atom stereocenters. The number of benzene rings is 2. The van der Waals surface area contributed by atoms with E-state index in [-0.39, 0.29) is 47.0 Å². The Morgan fingerprint density at radius 3 is 2.65 bits per heavy atom. The predicted molar refractivity (Wildman–Crippen MR) is 148 cm³/mol. The van der Waals surface area contributed by atoms with Crippen LogP contribution in [0.2, 0.25) is 0 Å². The van der Waals surface area contributed by atoms with Crippen molar-refractivity contribution in [3.05, 3.63) is 70.4 Å². The second-order valence-electron chi connectivity index (χ2n) is 10.7. The van der Waals surface area contributed by atoms with Gasteiger partial charge in [0.1, 0.15) is 34.8 Å². The predicted octanol–water partition coefficient (Wildman–Crippen LogP) is 4.59. The fourth-order valence-corrected chi connectivity index (χ4v) is 6.03. The van der Waals surface area contributed by atoms with Crippen LogP contribution in [-0.4, -0.2) is 34.9 Å². The fourth-order valence-electron chi connectivity index (χ4n) is 5.24. The highest BCUT2D eigenvalue weighted by Crippen LogP contribution is 2.48. The summed E-state index contributed by atoms with van der Waals surface area (Å²) in [5.74, 6) is -1.38. The molecule has 2 atom stereocenters. The summed E-state index contributed by atoms with van der Waals surface area (Å²) in [5, 5.41) is 3.16. The van der Waals surface area contributed by atoms with Crippen LogP contribution in [0.5, 0.6) is 5.75 Å². The number of aromatic nitrogens is 2. The Bertz CT molecular complexity index is 1700. The van der Waals surface area contributed by atoms with E-state index in [1.165, 1.54) is 6.07 Å². The molecule has 1 fully saturated rings. The molecule has 6 rings (SSSR count). The number of halogens is 2. The van der Waals surface area contributed by atoms with Gasteiger partial charge in [-0.05, 0) is 74.6 Å². The van der Waals surface area contributed by atoms with Crippen molar-refractivity contribution in [3.63, 3.8) is 0 Å². The summed E-state index contributed by atoms with van der Waals surface area (Å²) in [4.78, 5) is 34.5. The average molecular weight is 564 g/mol. The molecule has 5 N–H and O–H groups in total. The number of nitrogens with two attached hydrogens (primary N) is 2. The first-order chi connectivity index (χ1) is 19.0. The van der Waals surface area contributed by atoms with Crippen LogP contribution in [-0.2, 0) is 10.2 Å². The van der Waals surface area contributed by atoms with Gasteiger partial charge in [-0.15, -0.1) is 0 Å². The molecule has 0 spiro atoms. The highest BCUT2D eigenvalue weighted by Gasteiger charge is 2.45. The van der Waals surface area contributed by atoms with Gasteiger partial charge in [-0.2, -0.15) is 0 Å². The van der Waals surface area contributed by atoms with E-state index in [1.807, 2.05) is 6.07 Å². The van der Waals surface area contributed by atoms with E-state index in [2.05, 4.69) is 10.3 Å². The molecule has 4 aromatic rings. The standard InChI is InChI=1S/C29H27F2N5O3S/c1-13-7-15(5-6-19(13)30)23-25-18(29(2,12-39-25)27(32)38)10-21(35-23)17(14-3-4-14)11-34-26(37)16-8-20(31)24-22(9-16)40-28(33)36-24/h5-10,14,17H,3-4,11-12H2,1-2H3,(H2,32,38)(H2,33,36)(H,34,37)/t17-,29-/m0/s1. The summed E-state index contributed by atoms with van der Waals surface area (Å²) < 4.78 is 35.1. The number of anilines is 1. The third kappa shape index (κ3) is 4.43. The maximum atomic E-state index is 14.6. The Hall–Kier alpha value is -4.12. The van der Waals surface area contributed by atoms with Crippen molar-refractivity contribution in [3.8, 4) is 17.0 Å². The Morgan fingerprint density at radius 2 is 1.95 bits per heavy atom. The van der Waals surface area contributed by atoms with Crippen molar-refractivity contribution in [2.24, 2.45) is 11.7 Å². The summed E-state index contributed by atoms with van der Waals surface area (Å²) in [5.41, 5.74) is 13.6.